The fraction of sp³-hybridized carbons (Fsp3) is 0.500. The maximum atomic E-state index is 12.4. The molecule has 2 atom stereocenters. The van der Waals surface area contributed by atoms with Crippen molar-refractivity contribution >= 4 is 17.8 Å². The second-order valence-corrected chi connectivity index (χ2v) is 6.96. The molecule has 0 radical (unpaired) electrons. The molecule has 0 aromatic heterocycles. The molecule has 1 unspecified atom stereocenters. The molecule has 132 valence electrons. The van der Waals surface area contributed by atoms with Crippen LogP contribution in [0.1, 0.15) is 39.2 Å². The number of hydrogen-bond acceptors (Lipinski definition) is 3. The van der Waals surface area contributed by atoms with E-state index in [-0.39, 0.29) is 6.42 Å². The van der Waals surface area contributed by atoms with Crippen LogP contribution in [0.25, 0.3) is 0 Å². The molecule has 24 heavy (non-hydrogen) atoms. The molecule has 0 heterocycles. The Balaban J connectivity index is 2.80. The van der Waals surface area contributed by atoms with E-state index in [1.165, 1.54) is 0 Å². The first-order chi connectivity index (χ1) is 11.1. The van der Waals surface area contributed by atoms with E-state index < -0.39 is 35.2 Å². The second kappa shape index (κ2) is 8.47. The van der Waals surface area contributed by atoms with Crippen LogP contribution in [0.5, 0.6) is 0 Å². The van der Waals surface area contributed by atoms with Crippen LogP contribution in [0.3, 0.4) is 0 Å². The average Bonchev–Trinajstić information content (AvgIpc) is 2.48. The normalized spacial score (nSPS) is 13.8. The predicted octanol–water partition coefficient (Wildman–Crippen LogP) is 2.33. The minimum Gasteiger partial charge on any atom is -0.481 e. The van der Waals surface area contributed by atoms with E-state index in [1.807, 2.05) is 30.3 Å². The van der Waals surface area contributed by atoms with Gasteiger partial charge < -0.3 is 15.5 Å². The van der Waals surface area contributed by atoms with Crippen molar-refractivity contribution in [1.82, 2.24) is 5.32 Å². The number of carbonyl (C=O) groups is 3. The molecule has 0 fully saturated rings. The van der Waals surface area contributed by atoms with E-state index in [4.69, 9.17) is 5.11 Å². The molecular formula is C18H25NO5. The van der Waals surface area contributed by atoms with Gasteiger partial charge in [0.15, 0.2) is 0 Å². The molecular weight excluding hydrogens is 310 g/mol. The zero-order valence-electron chi connectivity index (χ0n) is 14.3. The van der Waals surface area contributed by atoms with E-state index in [2.05, 4.69) is 5.32 Å². The zero-order chi connectivity index (χ0) is 18.3. The molecule has 0 aliphatic heterocycles. The first kappa shape index (κ1) is 19.7. The van der Waals surface area contributed by atoms with Crippen LogP contribution in [0.4, 0.5) is 0 Å². The van der Waals surface area contributed by atoms with Crippen molar-refractivity contribution in [2.45, 2.75) is 46.1 Å². The van der Waals surface area contributed by atoms with Gasteiger partial charge in [-0.1, -0.05) is 51.1 Å². The van der Waals surface area contributed by atoms with E-state index in [9.17, 15) is 19.5 Å². The third-order valence-electron chi connectivity index (χ3n) is 3.82. The monoisotopic (exact) mass is 335 g/mol. The molecule has 0 saturated heterocycles. The molecule has 0 aliphatic carbocycles. The van der Waals surface area contributed by atoms with E-state index >= 15 is 0 Å². The Morgan fingerprint density at radius 1 is 1.08 bits per heavy atom. The Kier molecular flexibility index (Phi) is 6.95. The van der Waals surface area contributed by atoms with E-state index in [0.29, 0.717) is 12.8 Å². The highest BCUT2D eigenvalue weighted by atomic mass is 16.4. The molecule has 1 amide bonds. The fourth-order valence-electron chi connectivity index (χ4n) is 2.43. The first-order valence-electron chi connectivity index (χ1n) is 7.90. The third-order valence-corrected chi connectivity index (χ3v) is 3.82. The minimum atomic E-state index is -1.13. The lowest BCUT2D eigenvalue weighted by molar-refractivity contribution is -0.146. The maximum absolute atomic E-state index is 12.4. The van der Waals surface area contributed by atoms with Gasteiger partial charge in [-0.15, -0.1) is 0 Å². The topological polar surface area (TPSA) is 104 Å². The summed E-state index contributed by atoms with van der Waals surface area (Å²) in [5.41, 5.74) is 0.334. The first-order valence-corrected chi connectivity index (χ1v) is 7.90. The van der Waals surface area contributed by atoms with Crippen molar-refractivity contribution in [3.63, 3.8) is 0 Å². The highest BCUT2D eigenvalue weighted by Gasteiger charge is 2.34. The Morgan fingerprint density at radius 3 is 2.12 bits per heavy atom. The Labute approximate surface area is 141 Å². The van der Waals surface area contributed by atoms with Crippen LogP contribution >= 0.6 is 0 Å². The van der Waals surface area contributed by atoms with Crippen LogP contribution < -0.4 is 5.32 Å². The van der Waals surface area contributed by atoms with Gasteiger partial charge in [-0.3, -0.25) is 9.59 Å². The number of aryl methyl sites for hydroxylation is 1. The van der Waals surface area contributed by atoms with Gasteiger partial charge in [0.05, 0.1) is 6.42 Å². The zero-order valence-corrected chi connectivity index (χ0v) is 14.3. The quantitative estimate of drug-likeness (QED) is 0.676. The molecule has 1 aromatic rings. The Morgan fingerprint density at radius 2 is 1.67 bits per heavy atom. The minimum absolute atomic E-state index is 0.324. The molecule has 1 rings (SSSR count). The van der Waals surface area contributed by atoms with Crippen LogP contribution in [0.15, 0.2) is 30.3 Å². The van der Waals surface area contributed by atoms with E-state index in [1.54, 1.807) is 20.8 Å². The number of hydrogen-bond donors (Lipinski definition) is 3. The Bertz CT molecular complexity index is 577. The summed E-state index contributed by atoms with van der Waals surface area (Å²) in [6.45, 7) is 5.13. The smallest absolute Gasteiger partial charge is 0.326 e. The van der Waals surface area contributed by atoms with Crippen molar-refractivity contribution in [3.05, 3.63) is 35.9 Å². The number of benzene rings is 1. The molecule has 0 saturated carbocycles. The number of carbonyl (C=O) groups excluding carboxylic acids is 1. The van der Waals surface area contributed by atoms with Crippen LogP contribution in [-0.4, -0.2) is 34.1 Å². The number of nitrogens with one attached hydrogen (secondary N) is 1. The van der Waals surface area contributed by atoms with Crippen LogP contribution in [-0.2, 0) is 20.8 Å². The number of amides is 1. The summed E-state index contributed by atoms with van der Waals surface area (Å²) in [6, 6.07) is 8.38. The average molecular weight is 335 g/mol. The number of aliphatic carboxylic acids is 2. The van der Waals surface area contributed by atoms with Crippen molar-refractivity contribution in [2.75, 3.05) is 0 Å². The summed E-state index contributed by atoms with van der Waals surface area (Å²) in [4.78, 5) is 34.8. The van der Waals surface area contributed by atoms with Gasteiger partial charge in [0, 0.05) is 5.92 Å². The summed E-state index contributed by atoms with van der Waals surface area (Å²) in [7, 11) is 0. The third kappa shape index (κ3) is 6.40. The molecule has 0 spiro atoms. The van der Waals surface area contributed by atoms with Crippen molar-refractivity contribution in [3.8, 4) is 0 Å². The van der Waals surface area contributed by atoms with Gasteiger partial charge in [0.25, 0.3) is 0 Å². The molecule has 3 N–H and O–H groups in total. The standard InChI is InChI=1S/C18H25NO5/c1-18(2,3)15(17(23)24)19-16(22)13(11-14(20)21)10-9-12-7-5-4-6-8-12/h4-8,13,15H,9-11H2,1-3H3,(H,19,22)(H,20,21)(H,23,24)/t13?,15-/m1/s1. The molecule has 1 aromatic carbocycles. The summed E-state index contributed by atoms with van der Waals surface area (Å²) >= 11 is 0. The fourth-order valence-corrected chi connectivity index (χ4v) is 2.43. The summed E-state index contributed by atoms with van der Waals surface area (Å²) < 4.78 is 0. The molecule has 0 bridgehead atoms. The molecule has 0 aliphatic rings. The highest BCUT2D eigenvalue weighted by Crippen LogP contribution is 2.21. The van der Waals surface area contributed by atoms with Crippen molar-refractivity contribution < 1.29 is 24.6 Å². The molecule has 6 heteroatoms. The number of carboxylic acids is 2. The number of rotatable bonds is 8. The van der Waals surface area contributed by atoms with Crippen molar-refractivity contribution in [1.29, 1.82) is 0 Å². The summed E-state index contributed by atoms with van der Waals surface area (Å²) in [5, 5.41) is 20.8. The van der Waals surface area contributed by atoms with Gasteiger partial charge in [-0.2, -0.15) is 0 Å². The molecule has 6 nitrogen and oxygen atoms in total. The van der Waals surface area contributed by atoms with E-state index in [0.717, 1.165) is 5.56 Å². The van der Waals surface area contributed by atoms with Gasteiger partial charge >= 0.3 is 11.9 Å². The lowest BCUT2D eigenvalue weighted by Crippen LogP contribution is -2.51. The summed E-state index contributed by atoms with van der Waals surface area (Å²) in [5.74, 6) is -3.51. The van der Waals surface area contributed by atoms with Gasteiger partial charge in [-0.05, 0) is 23.8 Å². The van der Waals surface area contributed by atoms with Gasteiger partial charge in [-0.25, -0.2) is 4.79 Å². The predicted molar refractivity (Wildman–Crippen MR) is 89.5 cm³/mol. The SMILES string of the molecule is CC(C)(C)[C@H](NC(=O)C(CCc1ccccc1)CC(=O)O)C(=O)O. The van der Waals surface area contributed by atoms with Crippen molar-refractivity contribution in [2.24, 2.45) is 11.3 Å². The lowest BCUT2D eigenvalue weighted by atomic mass is 9.86. The lowest BCUT2D eigenvalue weighted by Gasteiger charge is -2.29. The largest absolute Gasteiger partial charge is 0.481 e. The second-order valence-electron chi connectivity index (χ2n) is 6.96. The number of carboxylic acid groups (broad SMARTS) is 2. The maximum Gasteiger partial charge on any atom is 0.326 e. The van der Waals surface area contributed by atoms with Crippen LogP contribution in [0, 0.1) is 11.3 Å². The van der Waals surface area contributed by atoms with Gasteiger partial charge in [0.2, 0.25) is 5.91 Å². The Hall–Kier alpha value is -2.37. The van der Waals surface area contributed by atoms with Gasteiger partial charge in [0.1, 0.15) is 6.04 Å². The highest BCUT2D eigenvalue weighted by molar-refractivity contribution is 5.87. The summed E-state index contributed by atoms with van der Waals surface area (Å²) in [6.07, 6.45) is 0.577. The van der Waals surface area contributed by atoms with Crippen LogP contribution in [0.2, 0.25) is 0 Å².